The molecule has 0 aliphatic heterocycles. The third-order valence-corrected chi connectivity index (χ3v) is 3.10. The Hall–Kier alpha value is -1.84. The number of carbonyl (C=O) groups excluding carboxylic acids is 2. The topological polar surface area (TPSA) is 52.6 Å². The first-order valence-electron chi connectivity index (χ1n) is 7.59. The summed E-state index contributed by atoms with van der Waals surface area (Å²) in [6.07, 6.45) is 3.65. The van der Waals surface area contributed by atoms with E-state index in [1.807, 2.05) is 26.0 Å². The molecule has 21 heavy (non-hydrogen) atoms. The molecule has 0 radical (unpaired) electrons. The third kappa shape index (κ3) is 6.93. The minimum absolute atomic E-state index is 0.130. The highest BCUT2D eigenvalue weighted by atomic mass is 16.5. The molecule has 0 heterocycles. The molecule has 4 nitrogen and oxygen atoms in total. The number of Topliss-reactive ketones (excluding diaryl/α,β-unsaturated/α-hetero) is 1. The Balaban J connectivity index is 2.15. The molecule has 4 heteroatoms. The summed E-state index contributed by atoms with van der Waals surface area (Å²) in [5, 5.41) is 0. The second-order valence-electron chi connectivity index (χ2n) is 4.77. The average Bonchev–Trinajstić information content (AvgIpc) is 2.51. The van der Waals surface area contributed by atoms with Gasteiger partial charge in [0.1, 0.15) is 5.75 Å². The molecule has 0 atom stereocenters. The number of rotatable bonds is 10. The summed E-state index contributed by atoms with van der Waals surface area (Å²) >= 11 is 0. The van der Waals surface area contributed by atoms with E-state index in [9.17, 15) is 9.59 Å². The van der Waals surface area contributed by atoms with Gasteiger partial charge in [-0.25, -0.2) is 0 Å². The van der Waals surface area contributed by atoms with Gasteiger partial charge in [0.15, 0.2) is 5.78 Å². The number of carbonyl (C=O) groups is 2. The Morgan fingerprint density at radius 2 is 1.71 bits per heavy atom. The van der Waals surface area contributed by atoms with Crippen molar-refractivity contribution in [2.45, 2.75) is 46.0 Å². The predicted molar refractivity (Wildman–Crippen MR) is 81.7 cm³/mol. The summed E-state index contributed by atoms with van der Waals surface area (Å²) in [6, 6.07) is 7.23. The molecule has 0 bridgehead atoms. The lowest BCUT2D eigenvalue weighted by atomic mass is 10.1. The van der Waals surface area contributed by atoms with Crippen molar-refractivity contribution in [2.24, 2.45) is 0 Å². The maximum atomic E-state index is 11.5. The second-order valence-corrected chi connectivity index (χ2v) is 4.77. The molecule has 0 aliphatic rings. The normalized spacial score (nSPS) is 10.2. The number of unbranched alkanes of at least 4 members (excludes halogenated alkanes) is 2. The molecular formula is C17H24O4. The van der Waals surface area contributed by atoms with Crippen molar-refractivity contribution in [1.29, 1.82) is 0 Å². The van der Waals surface area contributed by atoms with E-state index in [0.29, 0.717) is 26.1 Å². The van der Waals surface area contributed by atoms with Crippen LogP contribution in [0.5, 0.6) is 5.75 Å². The van der Waals surface area contributed by atoms with Crippen LogP contribution in [0, 0.1) is 0 Å². The van der Waals surface area contributed by atoms with Crippen LogP contribution in [0.3, 0.4) is 0 Å². The zero-order valence-electron chi connectivity index (χ0n) is 12.9. The molecule has 0 aromatic heterocycles. The van der Waals surface area contributed by atoms with Gasteiger partial charge in [-0.2, -0.15) is 0 Å². The van der Waals surface area contributed by atoms with Crippen LogP contribution in [0.25, 0.3) is 0 Å². The molecule has 0 spiro atoms. The number of hydrogen-bond acceptors (Lipinski definition) is 4. The van der Waals surface area contributed by atoms with Crippen LogP contribution in [0.2, 0.25) is 0 Å². The molecule has 0 amide bonds. The highest BCUT2D eigenvalue weighted by Gasteiger charge is 2.03. The lowest BCUT2D eigenvalue weighted by Crippen LogP contribution is -2.04. The van der Waals surface area contributed by atoms with E-state index in [-0.39, 0.29) is 11.8 Å². The summed E-state index contributed by atoms with van der Waals surface area (Å²) in [7, 11) is 0. The van der Waals surface area contributed by atoms with Crippen molar-refractivity contribution in [3.8, 4) is 5.75 Å². The molecule has 0 fully saturated rings. The number of ether oxygens (including phenoxy) is 2. The maximum absolute atomic E-state index is 11.5. The third-order valence-electron chi connectivity index (χ3n) is 3.10. The minimum atomic E-state index is -0.130. The summed E-state index contributed by atoms with van der Waals surface area (Å²) in [5.41, 5.74) is 0.722. The summed E-state index contributed by atoms with van der Waals surface area (Å²) in [6.45, 7) is 4.72. The van der Waals surface area contributed by atoms with Crippen molar-refractivity contribution in [2.75, 3.05) is 13.2 Å². The van der Waals surface area contributed by atoms with E-state index in [2.05, 4.69) is 0 Å². The zero-order chi connectivity index (χ0) is 15.5. The van der Waals surface area contributed by atoms with Crippen molar-refractivity contribution in [3.63, 3.8) is 0 Å². The molecule has 1 rings (SSSR count). The second kappa shape index (κ2) is 9.97. The van der Waals surface area contributed by atoms with Gasteiger partial charge in [0, 0.05) is 18.4 Å². The van der Waals surface area contributed by atoms with Crippen LogP contribution in [0.4, 0.5) is 0 Å². The Morgan fingerprint density at radius 1 is 1.00 bits per heavy atom. The quantitative estimate of drug-likeness (QED) is 0.374. The molecule has 0 saturated heterocycles. The van der Waals surface area contributed by atoms with Gasteiger partial charge >= 0.3 is 5.97 Å². The van der Waals surface area contributed by atoms with Crippen molar-refractivity contribution in [1.82, 2.24) is 0 Å². The predicted octanol–water partition coefficient (Wildman–Crippen LogP) is 3.78. The van der Waals surface area contributed by atoms with Crippen LogP contribution >= 0.6 is 0 Å². The number of benzene rings is 1. The summed E-state index contributed by atoms with van der Waals surface area (Å²) < 4.78 is 10.5. The van der Waals surface area contributed by atoms with Gasteiger partial charge in [-0.15, -0.1) is 0 Å². The standard InChI is InChI=1S/C17H24O4/c1-3-16(18)14-9-11-15(12-10-14)21-13-7-5-6-8-17(19)20-4-2/h9-12H,3-8,13H2,1-2H3. The first kappa shape index (κ1) is 17.2. The molecule has 0 saturated carbocycles. The van der Waals surface area contributed by atoms with Crippen molar-refractivity contribution >= 4 is 11.8 Å². The number of esters is 1. The van der Waals surface area contributed by atoms with Crippen LogP contribution in [-0.2, 0) is 9.53 Å². The van der Waals surface area contributed by atoms with E-state index in [4.69, 9.17) is 9.47 Å². The first-order chi connectivity index (χ1) is 10.2. The average molecular weight is 292 g/mol. The van der Waals surface area contributed by atoms with Gasteiger partial charge in [0.2, 0.25) is 0 Å². The lowest BCUT2D eigenvalue weighted by Gasteiger charge is -2.07. The molecular weight excluding hydrogens is 268 g/mol. The summed E-state index contributed by atoms with van der Waals surface area (Å²) in [4.78, 5) is 22.6. The van der Waals surface area contributed by atoms with Gasteiger partial charge < -0.3 is 9.47 Å². The van der Waals surface area contributed by atoms with Crippen LogP contribution in [0.1, 0.15) is 56.3 Å². The van der Waals surface area contributed by atoms with Crippen LogP contribution in [-0.4, -0.2) is 25.0 Å². The highest BCUT2D eigenvalue weighted by molar-refractivity contribution is 5.95. The smallest absolute Gasteiger partial charge is 0.305 e. The monoisotopic (exact) mass is 292 g/mol. The number of ketones is 1. The van der Waals surface area contributed by atoms with E-state index < -0.39 is 0 Å². The maximum Gasteiger partial charge on any atom is 0.305 e. The van der Waals surface area contributed by atoms with Crippen LogP contribution < -0.4 is 4.74 Å². The molecule has 0 N–H and O–H groups in total. The first-order valence-corrected chi connectivity index (χ1v) is 7.59. The highest BCUT2D eigenvalue weighted by Crippen LogP contribution is 2.14. The van der Waals surface area contributed by atoms with Gasteiger partial charge in [-0.3, -0.25) is 9.59 Å². The molecule has 1 aromatic carbocycles. The Bertz CT molecular complexity index is 437. The lowest BCUT2D eigenvalue weighted by molar-refractivity contribution is -0.143. The molecule has 0 unspecified atom stereocenters. The van der Waals surface area contributed by atoms with Crippen LogP contribution in [0.15, 0.2) is 24.3 Å². The Kier molecular flexibility index (Phi) is 8.17. The van der Waals surface area contributed by atoms with E-state index in [0.717, 1.165) is 30.6 Å². The van der Waals surface area contributed by atoms with Crippen molar-refractivity contribution < 1.29 is 19.1 Å². The Labute approximate surface area is 126 Å². The van der Waals surface area contributed by atoms with Gasteiger partial charge in [0.25, 0.3) is 0 Å². The molecule has 116 valence electrons. The SMILES string of the molecule is CCOC(=O)CCCCCOc1ccc(C(=O)CC)cc1. The van der Waals surface area contributed by atoms with Gasteiger partial charge in [-0.1, -0.05) is 6.92 Å². The summed E-state index contributed by atoms with van der Waals surface area (Å²) in [5.74, 6) is 0.781. The minimum Gasteiger partial charge on any atom is -0.494 e. The molecule has 1 aromatic rings. The fourth-order valence-electron chi connectivity index (χ4n) is 1.91. The van der Waals surface area contributed by atoms with E-state index in [1.54, 1.807) is 12.1 Å². The van der Waals surface area contributed by atoms with Gasteiger partial charge in [0.05, 0.1) is 13.2 Å². The van der Waals surface area contributed by atoms with E-state index in [1.165, 1.54) is 0 Å². The fourth-order valence-corrected chi connectivity index (χ4v) is 1.91. The number of hydrogen-bond donors (Lipinski definition) is 0. The fraction of sp³-hybridized carbons (Fsp3) is 0.529. The van der Waals surface area contributed by atoms with Crippen molar-refractivity contribution in [3.05, 3.63) is 29.8 Å². The largest absolute Gasteiger partial charge is 0.494 e. The van der Waals surface area contributed by atoms with E-state index >= 15 is 0 Å². The zero-order valence-corrected chi connectivity index (χ0v) is 12.9. The molecule has 0 aliphatic carbocycles. The Morgan fingerprint density at radius 3 is 2.33 bits per heavy atom. The van der Waals surface area contributed by atoms with Gasteiger partial charge in [-0.05, 0) is 50.5 Å².